The van der Waals surface area contributed by atoms with E-state index >= 15 is 0 Å². The lowest BCUT2D eigenvalue weighted by molar-refractivity contribution is 0.0490. The second kappa shape index (κ2) is 9.10. The van der Waals surface area contributed by atoms with Crippen LogP contribution in [0.4, 0.5) is 4.39 Å². The quantitative estimate of drug-likeness (QED) is 0.427. The number of hydrogen-bond donors (Lipinski definition) is 1. The lowest BCUT2D eigenvalue weighted by atomic mass is 9.66. The number of H-pyrrole nitrogens is 1. The monoisotopic (exact) mass is 386 g/mol. The summed E-state index contributed by atoms with van der Waals surface area (Å²) < 4.78 is 19.4. The van der Waals surface area contributed by atoms with Crippen LogP contribution < -0.4 is 5.56 Å². The Bertz CT molecular complexity index is 1030. The summed E-state index contributed by atoms with van der Waals surface area (Å²) in [7, 11) is 0.374. The number of aromatic nitrogens is 4. The maximum Gasteiger partial charge on any atom is 0.294 e. The number of ether oxygens (including phenoxy) is 1. The minimum atomic E-state index is -0.506. The van der Waals surface area contributed by atoms with Gasteiger partial charge >= 0.3 is 0 Å². The van der Waals surface area contributed by atoms with Crippen molar-refractivity contribution >= 4 is 29.6 Å². The number of fused-ring (bicyclic) bond motifs is 3. The number of carbonyl (C=O) groups is 1. The molecule has 3 aromatic rings. The third-order valence-electron chi connectivity index (χ3n) is 4.63. The highest BCUT2D eigenvalue weighted by Crippen LogP contribution is 2.16. The first kappa shape index (κ1) is 20.2. The highest BCUT2D eigenvalue weighted by atomic mass is 19.1. The predicted octanol–water partition coefficient (Wildman–Crippen LogP) is 2.28. The Morgan fingerprint density at radius 2 is 2.21 bits per heavy atom. The molecular formula is C19H24BFN4O3. The van der Waals surface area contributed by atoms with Crippen LogP contribution in [0.3, 0.4) is 0 Å². The van der Waals surface area contributed by atoms with Gasteiger partial charge in [-0.25, -0.2) is 4.39 Å². The van der Waals surface area contributed by atoms with E-state index in [9.17, 15) is 14.0 Å². The molecule has 0 fully saturated rings. The lowest BCUT2D eigenvalue weighted by Gasteiger charge is -2.08. The molecule has 0 aliphatic heterocycles. The molecule has 0 aliphatic rings. The molecule has 0 radical (unpaired) electrons. The zero-order valence-electron chi connectivity index (χ0n) is 16.2. The number of nitrogens with zero attached hydrogens (tertiary/aromatic N) is 3. The van der Waals surface area contributed by atoms with E-state index in [1.54, 1.807) is 23.5 Å². The van der Waals surface area contributed by atoms with Crippen LogP contribution >= 0.6 is 0 Å². The van der Waals surface area contributed by atoms with Gasteiger partial charge in [0.05, 0.1) is 17.1 Å². The van der Waals surface area contributed by atoms with Gasteiger partial charge in [-0.15, -0.1) is 10.2 Å². The van der Waals surface area contributed by atoms with Crippen molar-refractivity contribution in [2.75, 3.05) is 13.3 Å². The fourth-order valence-electron chi connectivity index (χ4n) is 3.15. The second-order valence-electron chi connectivity index (χ2n) is 6.93. The van der Waals surface area contributed by atoms with Crippen molar-refractivity contribution in [3.63, 3.8) is 0 Å². The van der Waals surface area contributed by atoms with Crippen molar-refractivity contribution in [2.24, 2.45) is 0 Å². The van der Waals surface area contributed by atoms with E-state index in [4.69, 9.17) is 4.74 Å². The molecule has 7 nitrogen and oxygen atoms in total. The number of benzene rings is 1. The highest BCUT2D eigenvalue weighted by molar-refractivity contribution is 6.77. The number of aromatic amines is 1. The zero-order chi connectivity index (χ0) is 20.1. The van der Waals surface area contributed by atoms with Crippen molar-refractivity contribution in [3.8, 4) is 0 Å². The fraction of sp³-hybridized carbons (Fsp3) is 0.474. The molecule has 3 rings (SSSR count). The number of halogens is 1. The minimum absolute atomic E-state index is 0.000997. The summed E-state index contributed by atoms with van der Waals surface area (Å²) in [5, 5.41) is 8.11. The van der Waals surface area contributed by atoms with Crippen molar-refractivity contribution in [1.82, 2.24) is 19.6 Å². The number of alkyl halides is 1. The Labute approximate surface area is 162 Å². The first-order valence-corrected chi connectivity index (χ1v) is 9.66. The molecule has 0 saturated carbocycles. The molecule has 0 amide bonds. The summed E-state index contributed by atoms with van der Waals surface area (Å²) in [4.78, 5) is 27.6. The molecule has 1 unspecified atom stereocenters. The third kappa shape index (κ3) is 4.30. The van der Waals surface area contributed by atoms with Gasteiger partial charge in [-0.3, -0.25) is 9.20 Å². The van der Waals surface area contributed by atoms with E-state index in [2.05, 4.69) is 15.2 Å². The van der Waals surface area contributed by atoms with Gasteiger partial charge in [-0.2, -0.15) is 0 Å². The van der Waals surface area contributed by atoms with E-state index < -0.39 is 12.8 Å². The van der Waals surface area contributed by atoms with Crippen LogP contribution in [0.2, 0.25) is 6.32 Å². The summed E-state index contributed by atoms with van der Waals surface area (Å²) in [6.07, 6.45) is 2.56. The fourth-order valence-corrected chi connectivity index (χ4v) is 3.15. The average molecular weight is 386 g/mol. The standard InChI is InChI=1S/C19H24BFN4O3/c1-3-5-16-23-24-18-19(27)22-14-10-13(6-7-15(14)25(16)18)17(26)20-8-4-9-28-12(2)11-21/h6-7,10,12,20H,3-5,8-9,11H2,1-2H3,(H,22,27). The lowest BCUT2D eigenvalue weighted by Crippen LogP contribution is -2.15. The molecule has 0 spiro atoms. The maximum atomic E-state index is 12.5. The van der Waals surface area contributed by atoms with Gasteiger partial charge in [0.25, 0.3) is 5.56 Å². The number of nitrogens with one attached hydrogen (secondary N) is 1. The van der Waals surface area contributed by atoms with Crippen molar-refractivity contribution in [1.29, 1.82) is 0 Å². The number of aryl methyl sites for hydroxylation is 1. The summed E-state index contributed by atoms with van der Waals surface area (Å²) in [6, 6.07) is 5.29. The molecule has 1 atom stereocenters. The van der Waals surface area contributed by atoms with Gasteiger partial charge in [-0.1, -0.05) is 19.3 Å². The number of carbonyl (C=O) groups excluding carboxylic acids is 1. The van der Waals surface area contributed by atoms with Crippen LogP contribution in [0.1, 0.15) is 42.9 Å². The van der Waals surface area contributed by atoms with Crippen LogP contribution in [0, 0.1) is 0 Å². The first-order chi connectivity index (χ1) is 13.5. The van der Waals surface area contributed by atoms with Crippen LogP contribution in [-0.4, -0.2) is 51.9 Å². The zero-order valence-corrected chi connectivity index (χ0v) is 16.2. The molecule has 148 valence electrons. The minimum Gasteiger partial charge on any atom is -0.376 e. The third-order valence-corrected chi connectivity index (χ3v) is 4.63. The maximum absolute atomic E-state index is 12.5. The summed E-state index contributed by atoms with van der Waals surface area (Å²) in [5.41, 5.74) is 1.84. The molecular weight excluding hydrogens is 362 g/mol. The molecule has 1 N–H and O–H groups in total. The Morgan fingerprint density at radius 1 is 1.39 bits per heavy atom. The van der Waals surface area contributed by atoms with Crippen molar-refractivity contribution < 1.29 is 13.9 Å². The Kier molecular flexibility index (Phi) is 6.56. The van der Waals surface area contributed by atoms with Crippen LogP contribution in [0.5, 0.6) is 0 Å². The molecule has 9 heteroatoms. The molecule has 28 heavy (non-hydrogen) atoms. The second-order valence-corrected chi connectivity index (χ2v) is 6.93. The van der Waals surface area contributed by atoms with E-state index in [0.29, 0.717) is 44.1 Å². The predicted molar refractivity (Wildman–Crippen MR) is 107 cm³/mol. The largest absolute Gasteiger partial charge is 0.376 e. The topological polar surface area (TPSA) is 89.4 Å². The SMILES string of the molecule is CCCc1nnc2c(=O)[nH]c3cc(C(=O)BCCCOC(C)CF)ccc3n12. The van der Waals surface area contributed by atoms with Crippen LogP contribution in [0.15, 0.2) is 23.0 Å². The first-order valence-electron chi connectivity index (χ1n) is 9.66. The van der Waals surface area contributed by atoms with E-state index in [0.717, 1.165) is 17.8 Å². The Hall–Kier alpha value is -2.55. The van der Waals surface area contributed by atoms with Gasteiger partial charge < -0.3 is 14.5 Å². The number of hydrogen-bond acceptors (Lipinski definition) is 5. The summed E-state index contributed by atoms with van der Waals surface area (Å²) in [5.74, 6) is 0.732. The van der Waals surface area contributed by atoms with Gasteiger partial charge in [0.1, 0.15) is 18.2 Å². The van der Waals surface area contributed by atoms with Gasteiger partial charge in [0.2, 0.25) is 12.9 Å². The highest BCUT2D eigenvalue weighted by Gasteiger charge is 2.14. The Morgan fingerprint density at radius 3 is 2.96 bits per heavy atom. The normalized spacial score (nSPS) is 12.5. The Balaban J connectivity index is 1.76. The van der Waals surface area contributed by atoms with Crippen LogP contribution in [-0.2, 0) is 11.2 Å². The summed E-state index contributed by atoms with van der Waals surface area (Å²) in [6.45, 7) is 3.65. The summed E-state index contributed by atoms with van der Waals surface area (Å²) >= 11 is 0. The molecule has 1 aromatic carbocycles. The van der Waals surface area contributed by atoms with E-state index in [1.807, 2.05) is 13.0 Å². The molecule has 2 aromatic heterocycles. The van der Waals surface area contributed by atoms with E-state index in [-0.39, 0.29) is 16.9 Å². The van der Waals surface area contributed by atoms with Gasteiger partial charge in [0.15, 0.2) is 0 Å². The number of rotatable bonds is 10. The van der Waals surface area contributed by atoms with Gasteiger partial charge in [-0.05, 0) is 31.9 Å². The molecule has 0 aliphatic carbocycles. The molecule has 0 saturated heterocycles. The van der Waals surface area contributed by atoms with E-state index in [1.165, 1.54) is 0 Å². The van der Waals surface area contributed by atoms with Crippen molar-refractivity contribution in [2.45, 2.75) is 45.5 Å². The molecule has 0 bridgehead atoms. The average Bonchev–Trinajstić information content (AvgIpc) is 3.12. The molecule has 2 heterocycles. The van der Waals surface area contributed by atoms with Crippen molar-refractivity contribution in [3.05, 3.63) is 39.9 Å². The van der Waals surface area contributed by atoms with Crippen LogP contribution in [0.25, 0.3) is 16.7 Å². The smallest absolute Gasteiger partial charge is 0.294 e. The van der Waals surface area contributed by atoms with Gasteiger partial charge in [0, 0.05) is 18.6 Å².